The van der Waals surface area contributed by atoms with Crippen LogP contribution >= 0.6 is 0 Å². The van der Waals surface area contributed by atoms with Crippen LogP contribution in [0.5, 0.6) is 0 Å². The minimum Gasteiger partial charge on any atom is -0.378 e. The van der Waals surface area contributed by atoms with Gasteiger partial charge in [-0.15, -0.1) is 0 Å². The molecule has 0 aromatic carbocycles. The number of morpholine rings is 1. The molecule has 0 bridgehead atoms. The summed E-state index contributed by atoms with van der Waals surface area (Å²) < 4.78 is 5.28. The zero-order chi connectivity index (χ0) is 8.39. The van der Waals surface area contributed by atoms with Gasteiger partial charge in [0.1, 0.15) is 0 Å². The summed E-state index contributed by atoms with van der Waals surface area (Å²) >= 11 is 0. The first-order valence-electron chi connectivity index (χ1n) is 4.46. The SMILES string of the molecule is CN1CCN=C1N1CCOCC1. The first-order chi connectivity index (χ1) is 5.88. The topological polar surface area (TPSA) is 28.1 Å². The van der Waals surface area contributed by atoms with Gasteiger partial charge in [0, 0.05) is 26.7 Å². The second kappa shape index (κ2) is 3.31. The van der Waals surface area contributed by atoms with Crippen molar-refractivity contribution in [2.45, 2.75) is 0 Å². The normalized spacial score (nSPS) is 24.6. The van der Waals surface area contributed by atoms with Crippen molar-refractivity contribution in [1.29, 1.82) is 0 Å². The van der Waals surface area contributed by atoms with Crippen LogP contribution < -0.4 is 0 Å². The number of hydrogen-bond acceptors (Lipinski definition) is 4. The number of likely N-dealkylation sites (N-methyl/N-ethyl adjacent to an activating group) is 1. The van der Waals surface area contributed by atoms with Gasteiger partial charge in [-0.25, -0.2) is 0 Å². The molecule has 12 heavy (non-hydrogen) atoms. The van der Waals surface area contributed by atoms with Gasteiger partial charge in [-0.3, -0.25) is 4.99 Å². The van der Waals surface area contributed by atoms with E-state index in [0.717, 1.165) is 45.4 Å². The van der Waals surface area contributed by atoms with Gasteiger partial charge in [0.2, 0.25) is 0 Å². The molecule has 1 saturated heterocycles. The van der Waals surface area contributed by atoms with Crippen molar-refractivity contribution in [1.82, 2.24) is 9.80 Å². The molecular weight excluding hydrogens is 154 g/mol. The molecule has 1 fully saturated rings. The van der Waals surface area contributed by atoms with Crippen LogP contribution in [-0.2, 0) is 4.74 Å². The Labute approximate surface area is 72.8 Å². The lowest BCUT2D eigenvalue weighted by atomic mass is 10.4. The molecule has 0 saturated carbocycles. The summed E-state index contributed by atoms with van der Waals surface area (Å²) in [5.74, 6) is 1.15. The number of hydrogen-bond donors (Lipinski definition) is 0. The zero-order valence-corrected chi connectivity index (χ0v) is 7.49. The molecule has 68 valence electrons. The van der Waals surface area contributed by atoms with E-state index in [-0.39, 0.29) is 0 Å². The van der Waals surface area contributed by atoms with Crippen molar-refractivity contribution in [2.75, 3.05) is 46.4 Å². The van der Waals surface area contributed by atoms with Gasteiger partial charge in [-0.05, 0) is 0 Å². The molecule has 0 radical (unpaired) electrons. The van der Waals surface area contributed by atoms with E-state index in [2.05, 4.69) is 21.8 Å². The Hall–Kier alpha value is -0.770. The van der Waals surface area contributed by atoms with Gasteiger partial charge in [-0.2, -0.15) is 0 Å². The molecule has 0 aliphatic carbocycles. The lowest BCUT2D eigenvalue weighted by molar-refractivity contribution is 0.0640. The second-order valence-corrected chi connectivity index (χ2v) is 3.20. The third kappa shape index (κ3) is 1.39. The second-order valence-electron chi connectivity index (χ2n) is 3.20. The molecular formula is C8H15N3O. The molecule has 2 aliphatic heterocycles. The van der Waals surface area contributed by atoms with E-state index in [1.54, 1.807) is 0 Å². The molecule has 0 aromatic heterocycles. The van der Waals surface area contributed by atoms with Crippen LogP contribution in [-0.4, -0.2) is 62.2 Å². The van der Waals surface area contributed by atoms with Crippen LogP contribution in [0.4, 0.5) is 0 Å². The highest BCUT2D eigenvalue weighted by Crippen LogP contribution is 2.06. The summed E-state index contributed by atoms with van der Waals surface area (Å²) in [6.45, 7) is 5.67. The average Bonchev–Trinajstić information content (AvgIpc) is 2.53. The quantitative estimate of drug-likeness (QED) is 0.495. The Bertz CT molecular complexity index is 187. The predicted octanol–water partition coefficient (Wildman–Crippen LogP) is -0.380. The maximum Gasteiger partial charge on any atom is 0.196 e. The van der Waals surface area contributed by atoms with Gasteiger partial charge in [0.15, 0.2) is 5.96 Å². The van der Waals surface area contributed by atoms with Gasteiger partial charge in [0.05, 0.1) is 19.8 Å². The smallest absolute Gasteiger partial charge is 0.196 e. The van der Waals surface area contributed by atoms with Crippen molar-refractivity contribution in [3.05, 3.63) is 0 Å². The maximum absolute atomic E-state index is 5.28. The summed E-state index contributed by atoms with van der Waals surface area (Å²) in [7, 11) is 2.10. The molecule has 0 unspecified atom stereocenters. The predicted molar refractivity (Wildman–Crippen MR) is 47.3 cm³/mol. The van der Waals surface area contributed by atoms with E-state index in [9.17, 15) is 0 Å². The summed E-state index contributed by atoms with van der Waals surface area (Å²) in [6.07, 6.45) is 0. The zero-order valence-electron chi connectivity index (χ0n) is 7.49. The minimum absolute atomic E-state index is 0.840. The van der Waals surface area contributed by atoms with E-state index in [1.807, 2.05) is 0 Å². The first kappa shape index (κ1) is 7.86. The minimum atomic E-state index is 0.840. The average molecular weight is 169 g/mol. The Morgan fingerprint density at radius 2 is 2.00 bits per heavy atom. The molecule has 2 heterocycles. The highest BCUT2D eigenvalue weighted by atomic mass is 16.5. The van der Waals surface area contributed by atoms with E-state index in [4.69, 9.17) is 4.74 Å². The molecule has 0 N–H and O–H groups in total. The van der Waals surface area contributed by atoms with E-state index in [0.29, 0.717) is 0 Å². The van der Waals surface area contributed by atoms with Crippen molar-refractivity contribution in [3.8, 4) is 0 Å². The largest absolute Gasteiger partial charge is 0.378 e. The highest BCUT2D eigenvalue weighted by molar-refractivity contribution is 5.81. The lowest BCUT2D eigenvalue weighted by Crippen LogP contribution is -2.46. The van der Waals surface area contributed by atoms with Gasteiger partial charge in [0.25, 0.3) is 0 Å². The maximum atomic E-state index is 5.28. The van der Waals surface area contributed by atoms with Crippen LogP contribution in [0.1, 0.15) is 0 Å². The lowest BCUT2D eigenvalue weighted by Gasteiger charge is -2.31. The molecule has 0 amide bonds. The molecule has 2 aliphatic rings. The number of aliphatic imine (C=N–C) groups is 1. The van der Waals surface area contributed by atoms with Gasteiger partial charge < -0.3 is 14.5 Å². The highest BCUT2D eigenvalue weighted by Gasteiger charge is 2.21. The monoisotopic (exact) mass is 169 g/mol. The molecule has 0 atom stereocenters. The standard InChI is InChI=1S/C8H15N3O/c1-10-3-2-9-8(10)11-4-6-12-7-5-11/h2-7H2,1H3. The van der Waals surface area contributed by atoms with Crippen LogP contribution in [0.15, 0.2) is 4.99 Å². The summed E-state index contributed by atoms with van der Waals surface area (Å²) in [5, 5.41) is 0. The first-order valence-corrected chi connectivity index (χ1v) is 4.46. The van der Waals surface area contributed by atoms with Gasteiger partial charge in [-0.1, -0.05) is 0 Å². The fourth-order valence-electron chi connectivity index (χ4n) is 1.63. The van der Waals surface area contributed by atoms with Gasteiger partial charge >= 0.3 is 0 Å². The molecule has 4 nitrogen and oxygen atoms in total. The number of nitrogens with zero attached hydrogens (tertiary/aromatic N) is 3. The van der Waals surface area contributed by atoms with E-state index in [1.165, 1.54) is 0 Å². The fraction of sp³-hybridized carbons (Fsp3) is 0.875. The van der Waals surface area contributed by atoms with Crippen LogP contribution in [0, 0.1) is 0 Å². The van der Waals surface area contributed by atoms with Crippen molar-refractivity contribution < 1.29 is 4.74 Å². The fourth-order valence-corrected chi connectivity index (χ4v) is 1.63. The molecule has 0 aromatic rings. The van der Waals surface area contributed by atoms with Crippen LogP contribution in [0.2, 0.25) is 0 Å². The van der Waals surface area contributed by atoms with E-state index < -0.39 is 0 Å². The Balaban J connectivity index is 1.97. The Morgan fingerprint density at radius 1 is 1.25 bits per heavy atom. The number of rotatable bonds is 0. The summed E-state index contributed by atoms with van der Waals surface area (Å²) in [5.41, 5.74) is 0. The van der Waals surface area contributed by atoms with Crippen LogP contribution in [0.3, 0.4) is 0 Å². The number of guanidine groups is 1. The third-order valence-electron chi connectivity index (χ3n) is 2.32. The van der Waals surface area contributed by atoms with Crippen molar-refractivity contribution >= 4 is 5.96 Å². The molecule has 0 spiro atoms. The van der Waals surface area contributed by atoms with Crippen molar-refractivity contribution in [2.24, 2.45) is 4.99 Å². The van der Waals surface area contributed by atoms with Crippen molar-refractivity contribution in [3.63, 3.8) is 0 Å². The third-order valence-corrected chi connectivity index (χ3v) is 2.32. The summed E-state index contributed by atoms with van der Waals surface area (Å²) in [6, 6.07) is 0. The summed E-state index contributed by atoms with van der Waals surface area (Å²) in [4.78, 5) is 8.97. The Morgan fingerprint density at radius 3 is 2.58 bits per heavy atom. The van der Waals surface area contributed by atoms with E-state index >= 15 is 0 Å². The Kier molecular flexibility index (Phi) is 2.17. The number of ether oxygens (including phenoxy) is 1. The molecule has 2 rings (SSSR count). The molecule has 4 heteroatoms. The van der Waals surface area contributed by atoms with Crippen LogP contribution in [0.25, 0.3) is 0 Å².